The van der Waals surface area contributed by atoms with Gasteiger partial charge in [-0.15, -0.1) is 0 Å². The van der Waals surface area contributed by atoms with E-state index in [1.54, 1.807) is 36.4 Å². The Morgan fingerprint density at radius 2 is 1.18 bits per heavy atom. The van der Waals surface area contributed by atoms with Crippen molar-refractivity contribution in [3.05, 3.63) is 99.3 Å². The maximum Gasteiger partial charge on any atom is 0.433 e. The summed E-state index contributed by atoms with van der Waals surface area (Å²) in [5.41, 5.74) is -1.59. The molecule has 4 amide bonds. The number of halogens is 8. The fourth-order valence-corrected chi connectivity index (χ4v) is 9.35. The van der Waals surface area contributed by atoms with Crippen molar-refractivity contribution < 1.29 is 50.6 Å². The van der Waals surface area contributed by atoms with Gasteiger partial charge in [-0.2, -0.15) is 36.4 Å². The first-order valence-electron chi connectivity index (χ1n) is 17.4. The molecule has 2 aliphatic heterocycles. The summed E-state index contributed by atoms with van der Waals surface area (Å²) < 4.78 is 82.1. The van der Waals surface area contributed by atoms with Crippen molar-refractivity contribution in [2.45, 2.75) is 31.1 Å². The van der Waals surface area contributed by atoms with E-state index in [1.807, 2.05) is 0 Å². The lowest BCUT2D eigenvalue weighted by molar-refractivity contribution is -0.143. The molecular weight excluding hydrogens is 805 g/mol. The standard InChI is InChI=1S/C38H28Cl2F6N6O5/c1-49(31-23(39)10-13-26(47-31)37(41,42)43)51-33(54)20-8-7-19-21(29(20)35(51)56)15-22-30(28(19)18-9-12-25(53)17-6-4-3-5-16(17)18)36(57)52(34(22)55)50(2)32-24(40)11-14-27(48-32)38(44,45)46/h3-7,9-14,20-22,28-30,53H,8,15H2,1-2H3. The molecule has 2 saturated heterocycles. The van der Waals surface area contributed by atoms with Crippen LogP contribution >= 0.6 is 23.2 Å². The van der Waals surface area contributed by atoms with Gasteiger partial charge in [0.1, 0.15) is 17.1 Å². The van der Waals surface area contributed by atoms with Gasteiger partial charge in [-0.05, 0) is 60.0 Å². The van der Waals surface area contributed by atoms with E-state index < -0.39 is 94.5 Å². The zero-order valence-electron chi connectivity index (χ0n) is 29.5. The van der Waals surface area contributed by atoms with Gasteiger partial charge in [0, 0.05) is 25.4 Å². The highest BCUT2D eigenvalue weighted by Crippen LogP contribution is 2.59. The zero-order chi connectivity index (χ0) is 41.0. The Balaban J connectivity index is 1.23. The van der Waals surface area contributed by atoms with Gasteiger partial charge in [-0.1, -0.05) is 65.2 Å². The molecule has 0 bridgehead atoms. The fraction of sp³-hybridized carbons (Fsp3) is 0.316. The molecule has 8 rings (SSSR count). The number of anilines is 2. The van der Waals surface area contributed by atoms with Crippen molar-refractivity contribution in [1.82, 2.24) is 20.0 Å². The number of amides is 4. The van der Waals surface area contributed by atoms with Crippen molar-refractivity contribution in [2.24, 2.45) is 29.6 Å². The minimum absolute atomic E-state index is 0.0193. The average molecular weight is 834 g/mol. The molecule has 11 nitrogen and oxygen atoms in total. The number of carbonyl (C=O) groups excluding carboxylic acids is 4. The first kappa shape index (κ1) is 38.5. The van der Waals surface area contributed by atoms with Crippen LogP contribution < -0.4 is 10.0 Å². The van der Waals surface area contributed by atoms with Crippen LogP contribution in [-0.4, -0.2) is 62.8 Å². The van der Waals surface area contributed by atoms with Crippen LogP contribution in [0, 0.1) is 29.6 Å². The lowest BCUT2D eigenvalue weighted by atomic mass is 9.57. The van der Waals surface area contributed by atoms with Crippen molar-refractivity contribution in [3.63, 3.8) is 0 Å². The number of allylic oxidation sites excluding steroid dienone is 2. The molecule has 2 aliphatic carbocycles. The molecule has 2 aromatic carbocycles. The zero-order valence-corrected chi connectivity index (χ0v) is 31.0. The summed E-state index contributed by atoms with van der Waals surface area (Å²) in [4.78, 5) is 64.9. The number of rotatable bonds is 5. The summed E-state index contributed by atoms with van der Waals surface area (Å²) in [5, 5.41) is 14.3. The summed E-state index contributed by atoms with van der Waals surface area (Å²) >= 11 is 12.5. The number of aromatic hydroxyl groups is 1. The molecule has 4 aliphatic rings. The Labute approximate surface area is 329 Å². The lowest BCUT2D eigenvalue weighted by Crippen LogP contribution is -2.46. The normalized spacial score (nSPS) is 24.8. The van der Waals surface area contributed by atoms with Crippen LogP contribution in [0.2, 0.25) is 10.0 Å². The third kappa shape index (κ3) is 5.96. The molecule has 4 aromatic rings. The number of phenolic OH excluding ortho intramolecular Hbond substituents is 1. The summed E-state index contributed by atoms with van der Waals surface area (Å²) in [6, 6.07) is 13.0. The van der Waals surface area contributed by atoms with Crippen LogP contribution in [0.15, 0.2) is 72.3 Å². The van der Waals surface area contributed by atoms with Crippen LogP contribution in [0.4, 0.5) is 38.0 Å². The Morgan fingerprint density at radius 1 is 0.667 bits per heavy atom. The maximum absolute atomic E-state index is 14.6. The first-order valence-corrected chi connectivity index (χ1v) is 18.2. The molecular formula is C38H28Cl2F6N6O5. The minimum atomic E-state index is -4.88. The highest BCUT2D eigenvalue weighted by molar-refractivity contribution is 6.33. The van der Waals surface area contributed by atoms with Gasteiger partial charge in [0.15, 0.2) is 11.6 Å². The number of pyridine rings is 2. The van der Waals surface area contributed by atoms with E-state index in [1.165, 1.54) is 20.2 Å². The van der Waals surface area contributed by atoms with Crippen molar-refractivity contribution in [2.75, 3.05) is 24.1 Å². The van der Waals surface area contributed by atoms with E-state index in [9.17, 15) is 50.6 Å². The van der Waals surface area contributed by atoms with Gasteiger partial charge in [-0.25, -0.2) is 9.97 Å². The molecule has 4 heterocycles. The van der Waals surface area contributed by atoms with Crippen LogP contribution in [-0.2, 0) is 31.5 Å². The predicted octanol–water partition coefficient (Wildman–Crippen LogP) is 7.42. The van der Waals surface area contributed by atoms with Crippen LogP contribution in [0.3, 0.4) is 0 Å². The van der Waals surface area contributed by atoms with Crippen LogP contribution in [0.5, 0.6) is 5.75 Å². The number of aromatic nitrogens is 2. The van der Waals surface area contributed by atoms with Crippen molar-refractivity contribution in [3.8, 4) is 5.75 Å². The van der Waals surface area contributed by atoms with Gasteiger partial charge in [0.25, 0.3) is 23.6 Å². The molecule has 6 atom stereocenters. The molecule has 57 heavy (non-hydrogen) atoms. The fourth-order valence-electron chi connectivity index (χ4n) is 8.89. The molecule has 296 valence electrons. The van der Waals surface area contributed by atoms with Gasteiger partial charge in [0.2, 0.25) is 0 Å². The topological polar surface area (TPSA) is 127 Å². The van der Waals surface area contributed by atoms with Crippen molar-refractivity contribution in [1.29, 1.82) is 0 Å². The monoisotopic (exact) mass is 832 g/mol. The number of carbonyl (C=O) groups is 4. The minimum Gasteiger partial charge on any atom is -0.507 e. The van der Waals surface area contributed by atoms with Crippen LogP contribution in [0.1, 0.15) is 35.7 Å². The van der Waals surface area contributed by atoms with E-state index in [0.717, 1.165) is 22.2 Å². The number of benzene rings is 2. The lowest BCUT2D eigenvalue weighted by Gasteiger charge is -2.44. The Bertz CT molecular complexity index is 2450. The molecule has 3 fully saturated rings. The number of hydrogen-bond acceptors (Lipinski definition) is 9. The Morgan fingerprint density at radius 3 is 1.72 bits per heavy atom. The highest BCUT2D eigenvalue weighted by Gasteiger charge is 2.63. The molecule has 1 N–H and O–H groups in total. The van der Waals surface area contributed by atoms with E-state index in [4.69, 9.17) is 23.2 Å². The second-order valence-electron chi connectivity index (χ2n) is 14.3. The van der Waals surface area contributed by atoms with E-state index in [0.29, 0.717) is 44.1 Å². The molecule has 2 aromatic heterocycles. The summed E-state index contributed by atoms with van der Waals surface area (Å²) in [6.45, 7) is 0. The SMILES string of the molecule is CN(c1nc(C(F)(F)F)ccc1Cl)N1C(=O)C2CC=C3C(CC4C(=O)N(N(C)c5nc(C(F)(F)F)ccc5Cl)C(=O)C4C3c3ccc(O)c4ccccc34)C2C1=O. The average Bonchev–Trinajstić information content (AvgIpc) is 3.56. The van der Waals surface area contributed by atoms with Crippen LogP contribution in [0.25, 0.3) is 10.8 Å². The number of nitrogens with zero attached hydrogens (tertiary/aromatic N) is 6. The number of phenols is 1. The number of hydrogen-bond donors (Lipinski definition) is 1. The van der Waals surface area contributed by atoms with Gasteiger partial charge in [-0.3, -0.25) is 29.2 Å². The van der Waals surface area contributed by atoms with E-state index >= 15 is 0 Å². The summed E-state index contributed by atoms with van der Waals surface area (Å²) in [6.07, 6.45) is -8.19. The molecule has 0 radical (unpaired) electrons. The van der Waals surface area contributed by atoms with Gasteiger partial charge >= 0.3 is 12.4 Å². The number of alkyl halides is 6. The molecule has 19 heteroatoms. The summed E-state index contributed by atoms with van der Waals surface area (Å²) in [5.74, 6) is -10.6. The smallest absolute Gasteiger partial charge is 0.433 e. The van der Waals surface area contributed by atoms with E-state index in [-0.39, 0.29) is 28.6 Å². The highest BCUT2D eigenvalue weighted by atomic mass is 35.5. The molecule has 1 saturated carbocycles. The molecule has 6 unspecified atom stereocenters. The Hall–Kier alpha value is -5.42. The maximum atomic E-state index is 14.6. The molecule has 0 spiro atoms. The largest absolute Gasteiger partial charge is 0.507 e. The third-order valence-electron chi connectivity index (χ3n) is 11.3. The number of hydrazine groups is 2. The van der Waals surface area contributed by atoms with Gasteiger partial charge < -0.3 is 5.11 Å². The summed E-state index contributed by atoms with van der Waals surface area (Å²) in [7, 11) is 2.35. The van der Waals surface area contributed by atoms with Crippen molar-refractivity contribution >= 4 is 69.2 Å². The predicted molar refractivity (Wildman–Crippen MR) is 192 cm³/mol. The second-order valence-corrected chi connectivity index (χ2v) is 15.1. The first-order chi connectivity index (χ1) is 26.8. The number of imide groups is 2. The second kappa shape index (κ2) is 13.3. The number of fused-ring (bicyclic) bond motifs is 5. The van der Waals surface area contributed by atoms with Gasteiger partial charge in [0.05, 0.1) is 33.7 Å². The quantitative estimate of drug-likeness (QED) is 0.124. The van der Waals surface area contributed by atoms with E-state index in [2.05, 4.69) is 9.97 Å². The Kier molecular flexibility index (Phi) is 8.99. The third-order valence-corrected chi connectivity index (χ3v) is 11.9.